The van der Waals surface area contributed by atoms with Gasteiger partial charge in [-0.25, -0.2) is 0 Å². The minimum atomic E-state index is -0.229. The number of furan rings is 1. The quantitative estimate of drug-likeness (QED) is 0.813. The topological polar surface area (TPSA) is 52.0 Å². The Morgan fingerprint density at radius 2 is 2.13 bits per heavy atom. The molecule has 1 unspecified atom stereocenters. The number of hydrogen-bond acceptors (Lipinski definition) is 3. The number of aromatic nitrogens is 1. The van der Waals surface area contributed by atoms with Crippen LogP contribution in [0.15, 0.2) is 35.2 Å². The van der Waals surface area contributed by atoms with Crippen LogP contribution in [0.2, 0.25) is 0 Å². The minimum absolute atomic E-state index is 0.229. The molecule has 2 N–H and O–H groups in total. The van der Waals surface area contributed by atoms with E-state index in [2.05, 4.69) is 4.98 Å². The lowest BCUT2D eigenvalue weighted by Gasteiger charge is -2.10. The van der Waals surface area contributed by atoms with E-state index in [1.54, 1.807) is 12.5 Å². The van der Waals surface area contributed by atoms with Gasteiger partial charge >= 0.3 is 0 Å². The van der Waals surface area contributed by atoms with Crippen LogP contribution < -0.4 is 5.73 Å². The van der Waals surface area contributed by atoms with Crippen molar-refractivity contribution in [1.29, 1.82) is 0 Å². The van der Waals surface area contributed by atoms with Crippen LogP contribution in [0.3, 0.4) is 0 Å². The molecule has 78 valence electrons. The molecule has 0 amide bonds. The molecule has 2 heterocycles. The Balaban J connectivity index is 2.36. The minimum Gasteiger partial charge on any atom is -0.467 e. The second-order valence-corrected chi connectivity index (χ2v) is 3.74. The van der Waals surface area contributed by atoms with Gasteiger partial charge < -0.3 is 10.2 Å². The summed E-state index contributed by atoms with van der Waals surface area (Å²) < 4.78 is 5.37. The maximum absolute atomic E-state index is 6.10. The summed E-state index contributed by atoms with van der Waals surface area (Å²) in [4.78, 5) is 4.12. The van der Waals surface area contributed by atoms with Crippen LogP contribution in [0.5, 0.6) is 0 Å². The van der Waals surface area contributed by atoms with E-state index in [0.29, 0.717) is 0 Å². The van der Waals surface area contributed by atoms with E-state index in [9.17, 15) is 0 Å². The van der Waals surface area contributed by atoms with Crippen LogP contribution in [0, 0.1) is 13.8 Å². The van der Waals surface area contributed by atoms with Gasteiger partial charge in [-0.3, -0.25) is 4.98 Å². The van der Waals surface area contributed by atoms with Crippen LogP contribution in [0.4, 0.5) is 0 Å². The molecule has 0 saturated heterocycles. The molecule has 1 atom stereocenters. The second-order valence-electron chi connectivity index (χ2n) is 3.74. The van der Waals surface area contributed by atoms with Gasteiger partial charge in [0, 0.05) is 12.4 Å². The average Bonchev–Trinajstić information content (AvgIpc) is 2.63. The standard InChI is InChI=1S/C12H14N2O/c1-8-5-10(7-14-6-8)11(13)12-9(2)3-4-15-12/h3-7,11H,13H2,1-2H3. The summed E-state index contributed by atoms with van der Waals surface area (Å²) in [5.74, 6) is 0.808. The van der Waals surface area contributed by atoms with Crippen LogP contribution in [0.25, 0.3) is 0 Å². The number of pyridine rings is 1. The smallest absolute Gasteiger partial charge is 0.127 e. The summed E-state index contributed by atoms with van der Waals surface area (Å²) >= 11 is 0. The van der Waals surface area contributed by atoms with E-state index in [0.717, 1.165) is 22.5 Å². The first-order valence-electron chi connectivity index (χ1n) is 4.89. The summed E-state index contributed by atoms with van der Waals surface area (Å²) in [6, 6.07) is 3.71. The maximum Gasteiger partial charge on any atom is 0.127 e. The Kier molecular flexibility index (Phi) is 2.56. The van der Waals surface area contributed by atoms with Crippen molar-refractivity contribution in [3.05, 3.63) is 53.2 Å². The lowest BCUT2D eigenvalue weighted by atomic mass is 10.0. The van der Waals surface area contributed by atoms with Crippen molar-refractivity contribution in [1.82, 2.24) is 4.98 Å². The Labute approximate surface area is 88.9 Å². The summed E-state index contributed by atoms with van der Waals surface area (Å²) in [6.45, 7) is 3.99. The van der Waals surface area contributed by atoms with Crippen molar-refractivity contribution >= 4 is 0 Å². The summed E-state index contributed by atoms with van der Waals surface area (Å²) in [5, 5.41) is 0. The monoisotopic (exact) mass is 202 g/mol. The first kappa shape index (κ1) is 9.93. The van der Waals surface area contributed by atoms with Gasteiger partial charge in [-0.1, -0.05) is 6.07 Å². The van der Waals surface area contributed by atoms with Gasteiger partial charge in [0.25, 0.3) is 0 Å². The van der Waals surface area contributed by atoms with E-state index in [1.165, 1.54) is 0 Å². The molecule has 2 aromatic rings. The fourth-order valence-electron chi connectivity index (χ4n) is 1.60. The largest absolute Gasteiger partial charge is 0.467 e. The predicted octanol–water partition coefficient (Wildman–Crippen LogP) is 2.34. The molecule has 15 heavy (non-hydrogen) atoms. The van der Waals surface area contributed by atoms with E-state index in [-0.39, 0.29) is 6.04 Å². The molecule has 2 rings (SSSR count). The van der Waals surface area contributed by atoms with Gasteiger partial charge in [0.15, 0.2) is 0 Å². The van der Waals surface area contributed by atoms with Crippen LogP contribution in [-0.4, -0.2) is 4.98 Å². The van der Waals surface area contributed by atoms with Crippen LogP contribution in [0.1, 0.15) is 28.5 Å². The number of nitrogens with two attached hydrogens (primary N) is 1. The predicted molar refractivity (Wildman–Crippen MR) is 58.4 cm³/mol. The van der Waals surface area contributed by atoms with Crippen molar-refractivity contribution in [2.24, 2.45) is 5.73 Å². The highest BCUT2D eigenvalue weighted by Crippen LogP contribution is 2.23. The molecule has 0 bridgehead atoms. The Morgan fingerprint density at radius 3 is 2.73 bits per heavy atom. The molecular formula is C12H14N2O. The fourth-order valence-corrected chi connectivity index (χ4v) is 1.60. The lowest BCUT2D eigenvalue weighted by Crippen LogP contribution is -2.12. The Morgan fingerprint density at radius 1 is 1.33 bits per heavy atom. The third kappa shape index (κ3) is 1.92. The van der Waals surface area contributed by atoms with E-state index in [1.807, 2.05) is 32.2 Å². The summed E-state index contributed by atoms with van der Waals surface area (Å²) in [5.41, 5.74) is 9.25. The van der Waals surface area contributed by atoms with Gasteiger partial charge in [0.05, 0.1) is 12.3 Å². The summed E-state index contributed by atoms with van der Waals surface area (Å²) in [7, 11) is 0. The first-order chi connectivity index (χ1) is 7.18. The van der Waals surface area contributed by atoms with Crippen LogP contribution >= 0.6 is 0 Å². The zero-order valence-electron chi connectivity index (χ0n) is 8.90. The number of nitrogens with zero attached hydrogens (tertiary/aromatic N) is 1. The molecule has 0 saturated carbocycles. The fraction of sp³-hybridized carbons (Fsp3) is 0.250. The molecule has 0 aliphatic rings. The molecule has 0 aromatic carbocycles. The molecular weight excluding hydrogens is 188 g/mol. The number of aryl methyl sites for hydroxylation is 2. The molecule has 3 heteroatoms. The van der Waals surface area contributed by atoms with Gasteiger partial charge in [0.2, 0.25) is 0 Å². The second kappa shape index (κ2) is 3.87. The molecule has 0 fully saturated rings. The molecule has 0 radical (unpaired) electrons. The zero-order chi connectivity index (χ0) is 10.8. The van der Waals surface area contributed by atoms with Crippen molar-refractivity contribution in [2.45, 2.75) is 19.9 Å². The highest BCUT2D eigenvalue weighted by atomic mass is 16.3. The van der Waals surface area contributed by atoms with E-state index in [4.69, 9.17) is 10.2 Å². The molecule has 3 nitrogen and oxygen atoms in total. The summed E-state index contributed by atoms with van der Waals surface area (Å²) in [6.07, 6.45) is 5.25. The normalized spacial score (nSPS) is 12.7. The Bertz CT molecular complexity index is 462. The highest BCUT2D eigenvalue weighted by Gasteiger charge is 2.14. The molecule has 2 aromatic heterocycles. The van der Waals surface area contributed by atoms with Gasteiger partial charge in [-0.05, 0) is 36.6 Å². The number of rotatable bonds is 2. The van der Waals surface area contributed by atoms with E-state index < -0.39 is 0 Å². The molecule has 0 aliphatic heterocycles. The van der Waals surface area contributed by atoms with Crippen molar-refractivity contribution in [2.75, 3.05) is 0 Å². The third-order valence-electron chi connectivity index (χ3n) is 2.44. The zero-order valence-corrected chi connectivity index (χ0v) is 8.90. The van der Waals surface area contributed by atoms with Crippen molar-refractivity contribution < 1.29 is 4.42 Å². The molecule has 0 spiro atoms. The lowest BCUT2D eigenvalue weighted by molar-refractivity contribution is 0.486. The number of hydrogen-bond donors (Lipinski definition) is 1. The highest BCUT2D eigenvalue weighted by molar-refractivity contribution is 5.30. The van der Waals surface area contributed by atoms with Gasteiger partial charge in [0.1, 0.15) is 5.76 Å². The van der Waals surface area contributed by atoms with Crippen molar-refractivity contribution in [3.8, 4) is 0 Å². The molecule has 0 aliphatic carbocycles. The van der Waals surface area contributed by atoms with Crippen molar-refractivity contribution in [3.63, 3.8) is 0 Å². The third-order valence-corrected chi connectivity index (χ3v) is 2.44. The first-order valence-corrected chi connectivity index (χ1v) is 4.89. The van der Waals surface area contributed by atoms with Crippen LogP contribution in [-0.2, 0) is 0 Å². The van der Waals surface area contributed by atoms with E-state index >= 15 is 0 Å². The maximum atomic E-state index is 6.10. The SMILES string of the molecule is Cc1cncc(C(N)c2occc2C)c1. The average molecular weight is 202 g/mol. The van der Waals surface area contributed by atoms with Gasteiger partial charge in [-0.15, -0.1) is 0 Å². The van der Waals surface area contributed by atoms with Gasteiger partial charge in [-0.2, -0.15) is 0 Å². The Hall–Kier alpha value is -1.61.